The summed E-state index contributed by atoms with van der Waals surface area (Å²) in [4.78, 5) is 15.5. The van der Waals surface area contributed by atoms with Gasteiger partial charge < -0.3 is 9.84 Å². The van der Waals surface area contributed by atoms with Crippen molar-refractivity contribution in [3.05, 3.63) is 21.7 Å². The third-order valence-electron chi connectivity index (χ3n) is 2.23. The molecule has 1 N–H and O–H groups in total. The molecule has 1 aliphatic heterocycles. The molecule has 0 unspecified atom stereocenters. The largest absolute Gasteiger partial charge is 0.506 e. The molecule has 0 radical (unpaired) electrons. The van der Waals surface area contributed by atoms with Crippen LogP contribution >= 0.6 is 15.9 Å². The zero-order valence-electron chi connectivity index (χ0n) is 7.95. The number of esters is 1. The van der Waals surface area contributed by atoms with E-state index >= 15 is 0 Å². The van der Waals surface area contributed by atoms with E-state index in [0.29, 0.717) is 16.6 Å². The van der Waals surface area contributed by atoms with Gasteiger partial charge in [0, 0.05) is 12.6 Å². The lowest BCUT2D eigenvalue weighted by molar-refractivity contribution is 0.0598. The quantitative estimate of drug-likeness (QED) is 0.796. The Bertz CT molecular complexity index is 468. The normalized spacial score (nSPS) is 12.7. The number of hydrogen-bond acceptors (Lipinski definition) is 4. The van der Waals surface area contributed by atoms with Crippen LogP contribution in [0.25, 0.3) is 0 Å². The second kappa shape index (κ2) is 3.66. The molecule has 0 saturated carbocycles. The summed E-state index contributed by atoms with van der Waals surface area (Å²) in [5.41, 5.74) is 1.53. The van der Waals surface area contributed by atoms with Crippen molar-refractivity contribution >= 4 is 33.8 Å². The Labute approximate surface area is 94.7 Å². The molecule has 1 aliphatic rings. The monoisotopic (exact) mass is 269 g/mol. The predicted molar refractivity (Wildman–Crippen MR) is 59.0 cm³/mol. The minimum atomic E-state index is -0.580. The molecule has 78 valence electrons. The minimum Gasteiger partial charge on any atom is -0.506 e. The SMILES string of the molecule is COC(=O)c1c(O)c(Br)cc2c1N=CC2. The van der Waals surface area contributed by atoms with E-state index in [4.69, 9.17) is 0 Å². The number of halogens is 1. The average molecular weight is 270 g/mol. The number of hydrogen-bond donors (Lipinski definition) is 1. The van der Waals surface area contributed by atoms with Crippen molar-refractivity contribution in [2.24, 2.45) is 4.99 Å². The summed E-state index contributed by atoms with van der Waals surface area (Å²) in [6.45, 7) is 0. The third-order valence-corrected chi connectivity index (χ3v) is 2.83. The Morgan fingerprint density at radius 2 is 2.40 bits per heavy atom. The highest BCUT2D eigenvalue weighted by Gasteiger charge is 2.24. The molecule has 0 spiro atoms. The first-order valence-electron chi connectivity index (χ1n) is 4.30. The summed E-state index contributed by atoms with van der Waals surface area (Å²) in [6, 6.07) is 1.75. The number of aromatic hydroxyl groups is 1. The lowest BCUT2D eigenvalue weighted by Gasteiger charge is -2.08. The molecule has 4 nitrogen and oxygen atoms in total. The van der Waals surface area contributed by atoms with Crippen LogP contribution in [0.5, 0.6) is 5.75 Å². The number of carbonyl (C=O) groups excluding carboxylic acids is 1. The first-order chi connectivity index (χ1) is 7.15. The van der Waals surface area contributed by atoms with Gasteiger partial charge in [-0.1, -0.05) is 0 Å². The molecule has 0 atom stereocenters. The van der Waals surface area contributed by atoms with Crippen molar-refractivity contribution in [3.8, 4) is 5.75 Å². The fourth-order valence-electron chi connectivity index (χ4n) is 1.52. The smallest absolute Gasteiger partial charge is 0.343 e. The molecular formula is C10H8BrNO3. The number of ether oxygens (including phenoxy) is 1. The van der Waals surface area contributed by atoms with Gasteiger partial charge in [-0.05, 0) is 27.6 Å². The van der Waals surface area contributed by atoms with Gasteiger partial charge in [-0.15, -0.1) is 0 Å². The van der Waals surface area contributed by atoms with Crippen LogP contribution in [0.3, 0.4) is 0 Å². The maximum atomic E-state index is 11.5. The topological polar surface area (TPSA) is 58.9 Å². The summed E-state index contributed by atoms with van der Waals surface area (Å²) < 4.78 is 5.08. The number of aliphatic imine (C=N–C) groups is 1. The number of nitrogens with zero attached hydrogens (tertiary/aromatic N) is 1. The average Bonchev–Trinajstić information content (AvgIpc) is 2.66. The van der Waals surface area contributed by atoms with Crippen LogP contribution in [0.4, 0.5) is 5.69 Å². The molecule has 1 aromatic carbocycles. The first kappa shape index (κ1) is 10.2. The van der Waals surface area contributed by atoms with Gasteiger partial charge in [-0.25, -0.2) is 4.79 Å². The van der Waals surface area contributed by atoms with Gasteiger partial charge in [0.15, 0.2) is 0 Å². The molecule has 0 bridgehead atoms. The molecule has 5 heteroatoms. The van der Waals surface area contributed by atoms with E-state index < -0.39 is 5.97 Å². The lowest BCUT2D eigenvalue weighted by Crippen LogP contribution is -2.03. The van der Waals surface area contributed by atoms with Crippen LogP contribution in [0, 0.1) is 0 Å². The predicted octanol–water partition coefficient (Wildman–Crippen LogP) is 2.20. The highest BCUT2D eigenvalue weighted by Crippen LogP contribution is 2.40. The second-order valence-electron chi connectivity index (χ2n) is 3.10. The van der Waals surface area contributed by atoms with Crippen LogP contribution in [0.2, 0.25) is 0 Å². The van der Waals surface area contributed by atoms with Gasteiger partial charge in [0.1, 0.15) is 11.3 Å². The molecule has 0 aromatic heterocycles. The first-order valence-corrected chi connectivity index (χ1v) is 5.09. The number of fused-ring (bicyclic) bond motifs is 1. The zero-order valence-corrected chi connectivity index (χ0v) is 9.54. The van der Waals surface area contributed by atoms with Gasteiger partial charge in [0.25, 0.3) is 0 Å². The molecule has 0 fully saturated rings. The Balaban J connectivity index is 2.70. The van der Waals surface area contributed by atoms with Crippen molar-refractivity contribution in [3.63, 3.8) is 0 Å². The molecular weight excluding hydrogens is 262 g/mol. The number of phenolic OH excluding ortho intramolecular Hbond substituents is 1. The maximum Gasteiger partial charge on any atom is 0.343 e. The van der Waals surface area contributed by atoms with Gasteiger partial charge in [-0.2, -0.15) is 0 Å². The number of carbonyl (C=O) groups is 1. The molecule has 0 amide bonds. The van der Waals surface area contributed by atoms with E-state index in [-0.39, 0.29) is 11.3 Å². The molecule has 0 aliphatic carbocycles. The maximum absolute atomic E-state index is 11.5. The Kier molecular flexibility index (Phi) is 2.48. The standard InChI is InChI=1S/C10H8BrNO3/c1-15-10(14)7-8-5(2-3-12-8)4-6(11)9(7)13/h3-4,13H,2H2,1H3. The lowest BCUT2D eigenvalue weighted by atomic mass is 10.1. The highest BCUT2D eigenvalue weighted by atomic mass is 79.9. The summed E-state index contributed by atoms with van der Waals surface area (Å²) in [7, 11) is 1.27. The van der Waals surface area contributed by atoms with E-state index in [1.807, 2.05) is 0 Å². The van der Waals surface area contributed by atoms with Crippen molar-refractivity contribution in [1.29, 1.82) is 0 Å². The summed E-state index contributed by atoms with van der Waals surface area (Å²) in [5.74, 6) is -0.705. The van der Waals surface area contributed by atoms with E-state index in [1.165, 1.54) is 7.11 Å². The summed E-state index contributed by atoms with van der Waals surface area (Å²) in [6.07, 6.45) is 2.36. The molecule has 15 heavy (non-hydrogen) atoms. The molecule has 1 aromatic rings. The van der Waals surface area contributed by atoms with E-state index in [0.717, 1.165) is 5.56 Å². The van der Waals surface area contributed by atoms with Gasteiger partial charge in [0.05, 0.1) is 17.3 Å². The van der Waals surface area contributed by atoms with Crippen molar-refractivity contribution in [2.45, 2.75) is 6.42 Å². The highest BCUT2D eigenvalue weighted by molar-refractivity contribution is 9.10. The van der Waals surface area contributed by atoms with Crippen LogP contribution in [-0.4, -0.2) is 24.4 Å². The zero-order chi connectivity index (χ0) is 11.0. The minimum absolute atomic E-state index is 0.121. The fourth-order valence-corrected chi connectivity index (χ4v) is 1.99. The van der Waals surface area contributed by atoms with E-state index in [2.05, 4.69) is 25.7 Å². The Morgan fingerprint density at radius 3 is 3.07 bits per heavy atom. The van der Waals surface area contributed by atoms with Crippen LogP contribution in [-0.2, 0) is 11.2 Å². The van der Waals surface area contributed by atoms with Gasteiger partial charge >= 0.3 is 5.97 Å². The number of benzene rings is 1. The second-order valence-corrected chi connectivity index (χ2v) is 3.95. The van der Waals surface area contributed by atoms with Crippen molar-refractivity contribution in [1.82, 2.24) is 0 Å². The molecule has 1 heterocycles. The number of methoxy groups -OCH3 is 1. The third kappa shape index (κ3) is 1.52. The molecule has 2 rings (SSSR count). The Morgan fingerprint density at radius 1 is 1.67 bits per heavy atom. The number of rotatable bonds is 1. The van der Waals surface area contributed by atoms with Gasteiger partial charge in [-0.3, -0.25) is 4.99 Å². The summed E-state index contributed by atoms with van der Waals surface area (Å²) >= 11 is 3.18. The number of phenols is 1. The molecule has 0 saturated heterocycles. The van der Waals surface area contributed by atoms with Crippen LogP contribution in [0.15, 0.2) is 15.5 Å². The van der Waals surface area contributed by atoms with Crippen molar-refractivity contribution in [2.75, 3.05) is 7.11 Å². The van der Waals surface area contributed by atoms with Crippen molar-refractivity contribution < 1.29 is 14.6 Å². The van der Waals surface area contributed by atoms with Crippen LogP contribution < -0.4 is 0 Å². The van der Waals surface area contributed by atoms with E-state index in [9.17, 15) is 9.90 Å². The summed E-state index contributed by atoms with van der Waals surface area (Å²) in [5, 5.41) is 9.74. The van der Waals surface area contributed by atoms with Gasteiger partial charge in [0.2, 0.25) is 0 Å². The fraction of sp³-hybridized carbons (Fsp3) is 0.200. The Hall–Kier alpha value is -1.36. The van der Waals surface area contributed by atoms with E-state index in [1.54, 1.807) is 12.3 Å². The van der Waals surface area contributed by atoms with Crippen LogP contribution in [0.1, 0.15) is 15.9 Å².